The van der Waals surface area contributed by atoms with Gasteiger partial charge in [-0.05, 0) is 43.3 Å². The summed E-state index contributed by atoms with van der Waals surface area (Å²) in [6.45, 7) is 1.83. The van der Waals surface area contributed by atoms with Gasteiger partial charge < -0.3 is 10.3 Å². The second-order valence-electron chi connectivity index (χ2n) is 7.06. The Morgan fingerprint density at radius 2 is 1.94 bits per heavy atom. The minimum Gasteiger partial charge on any atom is -0.358 e. The number of H-pyrrole nitrogens is 1. The number of benzene rings is 2. The van der Waals surface area contributed by atoms with Gasteiger partial charge in [-0.2, -0.15) is 0 Å². The standard InChI is InChI=1S/C21H14Cl2FN7O/c1-10(29-19-17-18(26-8-25-17)27-9-28-19)20-30-16-5-2-11(24)6-13(16)21(32)31(20)12-3-4-14(22)15(23)7-12/h2-10H,1H3,(H2,25,26,27,28,29). The summed E-state index contributed by atoms with van der Waals surface area (Å²) >= 11 is 12.3. The quantitative estimate of drug-likeness (QED) is 0.396. The summed E-state index contributed by atoms with van der Waals surface area (Å²) in [6.07, 6.45) is 2.92. The maximum atomic E-state index is 13.9. The van der Waals surface area contributed by atoms with Crippen LogP contribution in [-0.4, -0.2) is 29.5 Å². The molecule has 0 saturated carbocycles. The lowest BCUT2D eigenvalue weighted by Crippen LogP contribution is -2.27. The second kappa shape index (κ2) is 7.85. The van der Waals surface area contributed by atoms with Crippen molar-refractivity contribution >= 4 is 51.1 Å². The molecule has 32 heavy (non-hydrogen) atoms. The van der Waals surface area contributed by atoms with Gasteiger partial charge in [0, 0.05) is 0 Å². The average molecular weight is 470 g/mol. The van der Waals surface area contributed by atoms with E-state index in [0.717, 1.165) is 6.07 Å². The zero-order valence-corrected chi connectivity index (χ0v) is 18.0. The third-order valence-corrected chi connectivity index (χ3v) is 5.71. The fraction of sp³-hybridized carbons (Fsp3) is 0.0952. The van der Waals surface area contributed by atoms with E-state index in [9.17, 15) is 9.18 Å². The molecule has 0 bridgehead atoms. The van der Waals surface area contributed by atoms with E-state index in [2.05, 4.69) is 30.2 Å². The van der Waals surface area contributed by atoms with Crippen molar-refractivity contribution in [2.75, 3.05) is 5.32 Å². The number of fused-ring (bicyclic) bond motifs is 2. The molecule has 0 fully saturated rings. The van der Waals surface area contributed by atoms with Crippen molar-refractivity contribution in [1.29, 1.82) is 0 Å². The van der Waals surface area contributed by atoms with Gasteiger partial charge in [0.2, 0.25) is 0 Å². The molecule has 1 unspecified atom stereocenters. The predicted molar refractivity (Wildman–Crippen MR) is 121 cm³/mol. The van der Waals surface area contributed by atoms with Crippen LogP contribution in [0.1, 0.15) is 18.8 Å². The summed E-state index contributed by atoms with van der Waals surface area (Å²) in [5.74, 6) is 0.311. The summed E-state index contributed by atoms with van der Waals surface area (Å²) in [6, 6.07) is 8.19. The number of imidazole rings is 1. The van der Waals surface area contributed by atoms with Crippen molar-refractivity contribution in [1.82, 2.24) is 29.5 Å². The van der Waals surface area contributed by atoms with Gasteiger partial charge in [0.25, 0.3) is 5.56 Å². The molecule has 160 valence electrons. The van der Waals surface area contributed by atoms with Gasteiger partial charge in [0.05, 0.1) is 39.0 Å². The maximum Gasteiger partial charge on any atom is 0.266 e. The summed E-state index contributed by atoms with van der Waals surface area (Å²) in [5, 5.41) is 4.00. The topological polar surface area (TPSA) is 101 Å². The molecule has 5 rings (SSSR count). The van der Waals surface area contributed by atoms with Gasteiger partial charge in [-0.1, -0.05) is 23.2 Å². The number of hydrogen-bond acceptors (Lipinski definition) is 6. The molecule has 5 aromatic rings. The van der Waals surface area contributed by atoms with E-state index in [4.69, 9.17) is 23.2 Å². The first-order chi connectivity index (χ1) is 15.4. The third kappa shape index (κ3) is 3.45. The largest absolute Gasteiger partial charge is 0.358 e. The minimum absolute atomic E-state index is 0.142. The second-order valence-corrected chi connectivity index (χ2v) is 7.87. The summed E-state index contributed by atoms with van der Waals surface area (Å²) in [5.41, 5.74) is 1.48. The highest BCUT2D eigenvalue weighted by molar-refractivity contribution is 6.42. The van der Waals surface area contributed by atoms with E-state index in [1.165, 1.54) is 29.4 Å². The first-order valence-electron chi connectivity index (χ1n) is 9.50. The van der Waals surface area contributed by atoms with Crippen molar-refractivity contribution in [3.63, 3.8) is 0 Å². The lowest BCUT2D eigenvalue weighted by Gasteiger charge is -2.20. The van der Waals surface area contributed by atoms with Gasteiger partial charge in [-0.25, -0.2) is 24.3 Å². The van der Waals surface area contributed by atoms with E-state index in [1.54, 1.807) is 18.2 Å². The maximum absolute atomic E-state index is 13.9. The lowest BCUT2D eigenvalue weighted by molar-refractivity contribution is 0.629. The molecule has 11 heteroatoms. The molecular weight excluding hydrogens is 456 g/mol. The van der Waals surface area contributed by atoms with Crippen molar-refractivity contribution in [3.05, 3.63) is 81.1 Å². The average Bonchev–Trinajstić information content (AvgIpc) is 3.26. The molecule has 2 aromatic carbocycles. The lowest BCUT2D eigenvalue weighted by atomic mass is 10.2. The van der Waals surface area contributed by atoms with Crippen LogP contribution >= 0.6 is 23.2 Å². The summed E-state index contributed by atoms with van der Waals surface area (Å²) < 4.78 is 15.3. The van der Waals surface area contributed by atoms with Gasteiger partial charge in [0.15, 0.2) is 11.5 Å². The zero-order chi connectivity index (χ0) is 22.4. The smallest absolute Gasteiger partial charge is 0.266 e. The fourth-order valence-electron chi connectivity index (χ4n) is 3.48. The Hall–Kier alpha value is -3.56. The molecular formula is C21H14Cl2FN7O. The Labute approximate surface area is 190 Å². The molecule has 0 aliphatic rings. The van der Waals surface area contributed by atoms with Crippen LogP contribution in [0.15, 0.2) is 53.8 Å². The molecule has 3 aromatic heterocycles. The zero-order valence-electron chi connectivity index (χ0n) is 16.5. The van der Waals surface area contributed by atoms with Gasteiger partial charge in [-0.3, -0.25) is 9.36 Å². The number of hydrogen-bond donors (Lipinski definition) is 2. The van der Waals surface area contributed by atoms with Crippen LogP contribution in [0.25, 0.3) is 27.8 Å². The monoisotopic (exact) mass is 469 g/mol. The summed E-state index contributed by atoms with van der Waals surface area (Å²) in [7, 11) is 0. The molecule has 0 aliphatic carbocycles. The Bertz CT molecular complexity index is 1550. The SMILES string of the molecule is CC(Nc1ncnc2[nH]cnc12)c1nc2ccc(F)cc2c(=O)n1-c1ccc(Cl)c(Cl)c1. The van der Waals surface area contributed by atoms with Crippen LogP contribution in [0.5, 0.6) is 0 Å². The molecule has 0 amide bonds. The Balaban J connectivity index is 1.71. The Morgan fingerprint density at radius 1 is 1.09 bits per heavy atom. The van der Waals surface area contributed by atoms with E-state index in [1.807, 2.05) is 6.92 Å². The van der Waals surface area contributed by atoms with E-state index < -0.39 is 17.4 Å². The molecule has 3 heterocycles. The van der Waals surface area contributed by atoms with Gasteiger partial charge in [-0.15, -0.1) is 0 Å². The van der Waals surface area contributed by atoms with Crippen LogP contribution in [0, 0.1) is 5.82 Å². The van der Waals surface area contributed by atoms with Crippen molar-refractivity contribution < 1.29 is 4.39 Å². The minimum atomic E-state index is -0.530. The number of aromatic nitrogens is 6. The Morgan fingerprint density at radius 3 is 2.75 bits per heavy atom. The van der Waals surface area contributed by atoms with Crippen molar-refractivity contribution in [2.45, 2.75) is 13.0 Å². The van der Waals surface area contributed by atoms with Crippen molar-refractivity contribution in [2.24, 2.45) is 0 Å². The summed E-state index contributed by atoms with van der Waals surface area (Å²) in [4.78, 5) is 33.6. The number of nitrogens with one attached hydrogen (secondary N) is 2. The van der Waals surface area contributed by atoms with E-state index in [0.29, 0.717) is 39.0 Å². The highest BCUT2D eigenvalue weighted by Gasteiger charge is 2.20. The van der Waals surface area contributed by atoms with Gasteiger partial charge >= 0.3 is 0 Å². The molecule has 0 spiro atoms. The molecule has 0 aliphatic heterocycles. The molecule has 8 nitrogen and oxygen atoms in total. The van der Waals surface area contributed by atoms with Crippen LogP contribution in [-0.2, 0) is 0 Å². The highest BCUT2D eigenvalue weighted by atomic mass is 35.5. The number of halogens is 3. The Kier molecular flexibility index (Phi) is 4.99. The number of anilines is 1. The van der Waals surface area contributed by atoms with Gasteiger partial charge in [0.1, 0.15) is 23.5 Å². The fourth-order valence-corrected chi connectivity index (χ4v) is 3.77. The van der Waals surface area contributed by atoms with Crippen LogP contribution in [0.3, 0.4) is 0 Å². The predicted octanol–water partition coefficient (Wildman–Crippen LogP) is 4.67. The molecule has 2 N–H and O–H groups in total. The molecule has 1 atom stereocenters. The first-order valence-corrected chi connectivity index (χ1v) is 10.3. The first kappa shape index (κ1) is 20.3. The van der Waals surface area contributed by atoms with E-state index in [-0.39, 0.29) is 10.4 Å². The molecule has 0 radical (unpaired) electrons. The molecule has 0 saturated heterocycles. The number of nitrogens with zero attached hydrogens (tertiary/aromatic N) is 5. The third-order valence-electron chi connectivity index (χ3n) is 4.98. The number of rotatable bonds is 4. The van der Waals surface area contributed by atoms with Crippen molar-refractivity contribution in [3.8, 4) is 5.69 Å². The van der Waals surface area contributed by atoms with Crippen LogP contribution in [0.4, 0.5) is 10.2 Å². The normalized spacial score (nSPS) is 12.4. The van der Waals surface area contributed by atoms with Crippen LogP contribution < -0.4 is 10.9 Å². The highest BCUT2D eigenvalue weighted by Crippen LogP contribution is 2.27. The van der Waals surface area contributed by atoms with E-state index >= 15 is 0 Å². The number of aromatic amines is 1. The van der Waals surface area contributed by atoms with Crippen LogP contribution in [0.2, 0.25) is 10.0 Å².